The van der Waals surface area contributed by atoms with Crippen molar-refractivity contribution < 1.29 is 0 Å². The largest absolute Gasteiger partial charge is 0.0779 e. The third-order valence-electron chi connectivity index (χ3n) is 5.71. The van der Waals surface area contributed by atoms with Gasteiger partial charge in [-0.15, -0.1) is 0 Å². The maximum absolute atomic E-state index is 2.89. The van der Waals surface area contributed by atoms with E-state index in [-0.39, 0.29) is 0 Å². The maximum atomic E-state index is 2.89. The first-order chi connectivity index (χ1) is 5.82. The van der Waals surface area contributed by atoms with Crippen LogP contribution in [-0.2, 0) is 0 Å². The molecule has 0 radical (unpaired) electrons. The molecule has 0 aromatic carbocycles. The van der Waals surface area contributed by atoms with Gasteiger partial charge in [-0.3, -0.25) is 0 Å². The second kappa shape index (κ2) is 1.43. The van der Waals surface area contributed by atoms with E-state index < -0.39 is 0 Å². The molecule has 0 aliphatic heterocycles. The molecular weight excluding hydrogens is 259 g/mol. The highest BCUT2D eigenvalue weighted by Crippen LogP contribution is 2.86. The van der Waals surface area contributed by atoms with Crippen molar-refractivity contribution in [2.24, 2.45) is 41.4 Å². The normalized spacial score (nSPS) is 85.2. The van der Waals surface area contributed by atoms with Crippen LogP contribution in [0.15, 0.2) is 0 Å². The van der Waals surface area contributed by atoms with Crippen molar-refractivity contribution in [3.63, 3.8) is 0 Å². The fraction of sp³-hybridized carbons (Fsp3) is 1.00. The summed E-state index contributed by atoms with van der Waals surface area (Å²) in [5.74, 6) is 8.56. The summed E-state index contributed by atoms with van der Waals surface area (Å²) in [5, 5.41) is 0. The van der Waals surface area contributed by atoms with Gasteiger partial charge in [-0.1, -0.05) is 22.6 Å². The summed E-state index contributed by atoms with van der Waals surface area (Å²) >= 11 is 2.89. The molecule has 0 nitrogen and oxygen atoms in total. The summed E-state index contributed by atoms with van der Waals surface area (Å²) in [5.41, 5.74) is 0. The standard InChI is InChI=1S/C11H13I/c12-11-7-1-4(7)10(5-2-8(5)11)6-3-9(6)11/h4-10H,1-3H2. The van der Waals surface area contributed by atoms with Gasteiger partial charge in [0.05, 0.1) is 0 Å². The van der Waals surface area contributed by atoms with Gasteiger partial charge in [-0.05, 0) is 60.7 Å². The third kappa shape index (κ3) is 0.428. The average Bonchev–Trinajstić information content (AvgIpc) is 2.90. The zero-order valence-electron chi connectivity index (χ0n) is 7.04. The van der Waals surface area contributed by atoms with E-state index in [1.807, 2.05) is 0 Å². The van der Waals surface area contributed by atoms with E-state index in [1.165, 1.54) is 41.4 Å². The Hall–Kier alpha value is 0.730. The molecule has 2 bridgehead atoms. The summed E-state index contributed by atoms with van der Waals surface area (Å²) < 4.78 is 0.854. The quantitative estimate of drug-likeness (QED) is 0.470. The highest BCUT2D eigenvalue weighted by molar-refractivity contribution is 14.1. The molecule has 0 N–H and O–H groups in total. The Labute approximate surface area is 86.6 Å². The molecule has 0 aromatic rings. The van der Waals surface area contributed by atoms with Gasteiger partial charge in [0.1, 0.15) is 0 Å². The SMILES string of the molecule is IC12C3CC3C(C3CC31)C1CC12. The summed E-state index contributed by atoms with van der Waals surface area (Å²) in [7, 11) is 0. The molecule has 6 atom stereocenters. The minimum atomic E-state index is 0.854. The van der Waals surface area contributed by atoms with Gasteiger partial charge in [0.15, 0.2) is 0 Å². The highest BCUT2D eigenvalue weighted by Gasteiger charge is 2.82. The molecular formula is C11H13I. The Balaban J connectivity index is 1.80. The fourth-order valence-corrected chi connectivity index (χ4v) is 7.37. The van der Waals surface area contributed by atoms with Crippen LogP contribution in [0.2, 0.25) is 0 Å². The summed E-state index contributed by atoms with van der Waals surface area (Å²) in [6.07, 6.45) is 4.90. The van der Waals surface area contributed by atoms with Crippen LogP contribution in [0.3, 0.4) is 0 Å². The smallest absolute Gasteiger partial charge is 0.0315 e. The van der Waals surface area contributed by atoms with Gasteiger partial charge in [0, 0.05) is 3.42 Å². The number of hydrogen-bond acceptors (Lipinski definition) is 0. The van der Waals surface area contributed by atoms with Crippen molar-refractivity contribution in [2.45, 2.75) is 22.7 Å². The average molecular weight is 272 g/mol. The molecule has 64 valence electrons. The Morgan fingerprint density at radius 2 is 1.25 bits per heavy atom. The van der Waals surface area contributed by atoms with E-state index in [1.54, 1.807) is 19.3 Å². The monoisotopic (exact) mass is 272 g/mol. The molecule has 12 heavy (non-hydrogen) atoms. The molecule has 0 aromatic heterocycles. The van der Waals surface area contributed by atoms with Crippen LogP contribution in [0.5, 0.6) is 0 Å². The Morgan fingerprint density at radius 3 is 1.67 bits per heavy atom. The predicted octanol–water partition coefficient (Wildman–Crippen LogP) is 2.71. The van der Waals surface area contributed by atoms with Crippen LogP contribution in [-0.4, -0.2) is 3.42 Å². The lowest BCUT2D eigenvalue weighted by atomic mass is 9.71. The molecule has 1 heteroatoms. The van der Waals surface area contributed by atoms with Crippen molar-refractivity contribution in [1.82, 2.24) is 0 Å². The van der Waals surface area contributed by atoms with Crippen LogP contribution in [0, 0.1) is 41.4 Å². The molecule has 6 aliphatic carbocycles. The summed E-state index contributed by atoms with van der Waals surface area (Å²) in [6, 6.07) is 0. The molecule has 0 heterocycles. The number of alkyl halides is 1. The van der Waals surface area contributed by atoms with Crippen LogP contribution >= 0.6 is 22.6 Å². The minimum absolute atomic E-state index is 0.854. The maximum Gasteiger partial charge on any atom is 0.0315 e. The Kier molecular flexibility index (Phi) is 0.746. The summed E-state index contributed by atoms with van der Waals surface area (Å²) in [4.78, 5) is 0. The fourth-order valence-electron chi connectivity index (χ4n) is 5.22. The zero-order valence-corrected chi connectivity index (χ0v) is 9.20. The van der Waals surface area contributed by atoms with E-state index >= 15 is 0 Å². The number of rotatable bonds is 0. The second-order valence-electron chi connectivity index (χ2n) is 5.92. The first kappa shape index (κ1) is 6.26. The summed E-state index contributed by atoms with van der Waals surface area (Å²) in [6.45, 7) is 0. The lowest BCUT2D eigenvalue weighted by Crippen LogP contribution is -2.42. The van der Waals surface area contributed by atoms with Gasteiger partial charge in [-0.2, -0.15) is 0 Å². The van der Waals surface area contributed by atoms with E-state index in [2.05, 4.69) is 22.6 Å². The van der Waals surface area contributed by atoms with E-state index in [0.29, 0.717) is 0 Å². The molecule has 6 unspecified atom stereocenters. The van der Waals surface area contributed by atoms with Crippen LogP contribution < -0.4 is 0 Å². The van der Waals surface area contributed by atoms with Crippen molar-refractivity contribution in [1.29, 1.82) is 0 Å². The van der Waals surface area contributed by atoms with Gasteiger partial charge in [0.2, 0.25) is 0 Å². The van der Waals surface area contributed by atoms with Crippen molar-refractivity contribution in [3.05, 3.63) is 0 Å². The Bertz CT molecular complexity index is 252. The minimum Gasteiger partial charge on any atom is -0.0779 e. The highest BCUT2D eigenvalue weighted by atomic mass is 127. The second-order valence-corrected chi connectivity index (χ2v) is 7.79. The van der Waals surface area contributed by atoms with Crippen molar-refractivity contribution >= 4 is 22.6 Å². The molecule has 6 aliphatic rings. The third-order valence-corrected chi connectivity index (χ3v) is 8.11. The Morgan fingerprint density at radius 1 is 0.833 bits per heavy atom. The van der Waals surface area contributed by atoms with Crippen LogP contribution in [0.4, 0.5) is 0 Å². The lowest BCUT2D eigenvalue weighted by molar-refractivity contribution is 0.168. The van der Waals surface area contributed by atoms with E-state index in [4.69, 9.17) is 0 Å². The molecule has 6 rings (SSSR count). The van der Waals surface area contributed by atoms with Crippen LogP contribution in [0.25, 0.3) is 0 Å². The zero-order chi connectivity index (χ0) is 7.66. The number of halogens is 1. The first-order valence-electron chi connectivity index (χ1n) is 5.50. The first-order valence-corrected chi connectivity index (χ1v) is 6.58. The lowest BCUT2D eigenvalue weighted by Gasteiger charge is -2.41. The van der Waals surface area contributed by atoms with Gasteiger partial charge in [-0.25, -0.2) is 0 Å². The van der Waals surface area contributed by atoms with E-state index in [9.17, 15) is 0 Å². The molecule has 0 saturated heterocycles. The van der Waals surface area contributed by atoms with Crippen molar-refractivity contribution in [2.75, 3.05) is 0 Å². The van der Waals surface area contributed by atoms with Crippen LogP contribution in [0.1, 0.15) is 19.3 Å². The van der Waals surface area contributed by atoms with E-state index in [0.717, 1.165) is 3.42 Å². The number of hydrogen-bond donors (Lipinski definition) is 0. The molecule has 6 fully saturated rings. The van der Waals surface area contributed by atoms with Crippen molar-refractivity contribution in [3.8, 4) is 0 Å². The molecule has 6 saturated carbocycles. The molecule has 0 amide bonds. The predicted molar refractivity (Wildman–Crippen MR) is 55.0 cm³/mol. The van der Waals surface area contributed by atoms with Gasteiger partial charge in [0.25, 0.3) is 0 Å². The van der Waals surface area contributed by atoms with Gasteiger partial charge >= 0.3 is 0 Å². The topological polar surface area (TPSA) is 0 Å². The van der Waals surface area contributed by atoms with Gasteiger partial charge < -0.3 is 0 Å². The molecule has 0 spiro atoms.